The third-order valence-corrected chi connectivity index (χ3v) is 3.76. The van der Waals surface area contributed by atoms with Gasteiger partial charge < -0.3 is 10.4 Å². The van der Waals surface area contributed by atoms with E-state index in [0.717, 1.165) is 12.0 Å². The minimum absolute atomic E-state index is 0.0411. The molecule has 0 aliphatic rings. The fourth-order valence-electron chi connectivity index (χ4n) is 2.29. The zero-order valence-electron chi connectivity index (χ0n) is 15.3. The summed E-state index contributed by atoms with van der Waals surface area (Å²) >= 11 is 0. The predicted molar refractivity (Wildman–Crippen MR) is 101 cm³/mol. The van der Waals surface area contributed by atoms with Gasteiger partial charge in [-0.2, -0.15) is 0 Å². The maximum Gasteiger partial charge on any atom is 0.310 e. The number of carbonyl (C=O) groups excluding carboxylic acids is 1. The molecule has 1 atom stereocenters. The van der Waals surface area contributed by atoms with Crippen molar-refractivity contribution in [2.45, 2.75) is 33.1 Å². The Balaban J connectivity index is 0.000000271. The Hall–Kier alpha value is -2.62. The van der Waals surface area contributed by atoms with E-state index in [0.29, 0.717) is 11.5 Å². The molecule has 2 aromatic carbocycles. The number of benzene rings is 2. The molecule has 134 valence electrons. The van der Waals surface area contributed by atoms with Crippen molar-refractivity contribution in [1.29, 1.82) is 0 Å². The highest BCUT2D eigenvalue weighted by molar-refractivity contribution is 5.93. The molecule has 2 N–H and O–H groups in total. The third-order valence-electron chi connectivity index (χ3n) is 3.76. The fraction of sp³-hybridized carbons (Fsp3) is 0.333. The molecule has 0 saturated heterocycles. The van der Waals surface area contributed by atoms with Crippen molar-refractivity contribution in [2.75, 3.05) is 7.05 Å². The molecule has 0 bridgehead atoms. The van der Waals surface area contributed by atoms with E-state index in [9.17, 15) is 9.59 Å². The number of carboxylic acids is 1. The van der Waals surface area contributed by atoms with Gasteiger partial charge in [0, 0.05) is 12.6 Å². The molecule has 0 heterocycles. The number of nitrogens with one attached hydrogen (secondary N) is 1. The van der Waals surface area contributed by atoms with Gasteiger partial charge in [0.1, 0.15) is 0 Å². The zero-order chi connectivity index (χ0) is 18.8. The molecule has 0 fully saturated rings. The van der Waals surface area contributed by atoms with Crippen LogP contribution in [0.4, 0.5) is 0 Å². The Labute approximate surface area is 149 Å². The lowest BCUT2D eigenvalue weighted by Crippen LogP contribution is -2.17. The summed E-state index contributed by atoms with van der Waals surface area (Å²) in [5.74, 6) is -0.599. The van der Waals surface area contributed by atoms with E-state index in [-0.39, 0.29) is 5.91 Å². The molecule has 4 nitrogen and oxygen atoms in total. The average Bonchev–Trinajstić information content (AvgIpc) is 2.61. The highest BCUT2D eigenvalue weighted by Gasteiger charge is 2.12. The molecule has 2 rings (SSSR count). The second kappa shape index (κ2) is 10.3. The number of carbonyl (C=O) groups is 2. The second-order valence-electron chi connectivity index (χ2n) is 6.34. The molecule has 0 radical (unpaired) electrons. The van der Waals surface area contributed by atoms with Crippen LogP contribution in [0.15, 0.2) is 54.6 Å². The first-order valence-corrected chi connectivity index (χ1v) is 8.44. The first-order valence-electron chi connectivity index (χ1n) is 8.44. The highest BCUT2D eigenvalue weighted by Crippen LogP contribution is 2.17. The Morgan fingerprint density at radius 2 is 1.52 bits per heavy atom. The van der Waals surface area contributed by atoms with Crippen LogP contribution in [0.5, 0.6) is 0 Å². The molecule has 0 saturated carbocycles. The van der Waals surface area contributed by atoms with Crippen LogP contribution in [-0.2, 0) is 11.2 Å². The highest BCUT2D eigenvalue weighted by atomic mass is 16.4. The van der Waals surface area contributed by atoms with Gasteiger partial charge in [-0.3, -0.25) is 9.59 Å². The minimum Gasteiger partial charge on any atom is -0.481 e. The average molecular weight is 341 g/mol. The molecular weight excluding hydrogens is 314 g/mol. The normalized spacial score (nSPS) is 11.2. The van der Waals surface area contributed by atoms with Crippen molar-refractivity contribution in [3.63, 3.8) is 0 Å². The molecule has 1 amide bonds. The predicted octanol–water partition coefficient (Wildman–Crippen LogP) is 4.12. The lowest BCUT2D eigenvalue weighted by atomic mass is 9.97. The number of hydrogen-bond acceptors (Lipinski definition) is 2. The van der Waals surface area contributed by atoms with Crippen LogP contribution < -0.4 is 5.32 Å². The van der Waals surface area contributed by atoms with Gasteiger partial charge in [0.05, 0.1) is 5.92 Å². The Kier molecular flexibility index (Phi) is 8.40. The Morgan fingerprint density at radius 3 is 1.96 bits per heavy atom. The molecule has 4 heteroatoms. The molecule has 2 aromatic rings. The van der Waals surface area contributed by atoms with Crippen LogP contribution in [0.1, 0.15) is 48.2 Å². The number of hydrogen-bond donors (Lipinski definition) is 2. The second-order valence-corrected chi connectivity index (χ2v) is 6.34. The zero-order valence-corrected chi connectivity index (χ0v) is 15.3. The van der Waals surface area contributed by atoms with Gasteiger partial charge in [-0.15, -0.1) is 0 Å². The van der Waals surface area contributed by atoms with Gasteiger partial charge in [-0.25, -0.2) is 0 Å². The Morgan fingerprint density at radius 1 is 0.960 bits per heavy atom. The van der Waals surface area contributed by atoms with Crippen LogP contribution >= 0.6 is 0 Å². The number of amides is 1. The van der Waals surface area contributed by atoms with E-state index in [2.05, 4.69) is 19.2 Å². The fourth-order valence-corrected chi connectivity index (χ4v) is 2.29. The van der Waals surface area contributed by atoms with E-state index >= 15 is 0 Å². The van der Waals surface area contributed by atoms with E-state index in [4.69, 9.17) is 5.11 Å². The van der Waals surface area contributed by atoms with Crippen molar-refractivity contribution in [2.24, 2.45) is 5.92 Å². The van der Waals surface area contributed by atoms with Crippen LogP contribution in [0.25, 0.3) is 0 Å². The summed E-state index contributed by atoms with van der Waals surface area (Å²) in [5, 5.41) is 11.4. The van der Waals surface area contributed by atoms with Gasteiger partial charge in [0.2, 0.25) is 0 Å². The van der Waals surface area contributed by atoms with Crippen molar-refractivity contribution in [3.8, 4) is 0 Å². The maximum atomic E-state index is 10.9. The molecule has 0 spiro atoms. The summed E-state index contributed by atoms with van der Waals surface area (Å²) in [4.78, 5) is 21.7. The molecule has 1 unspecified atom stereocenters. The van der Waals surface area contributed by atoms with Crippen LogP contribution in [-0.4, -0.2) is 24.0 Å². The SMILES string of the molecule is CC(C)Cc1ccc(C(C)C(=O)O)cc1.CNC(=O)c1ccccc1. The van der Waals surface area contributed by atoms with Crippen molar-refractivity contribution in [1.82, 2.24) is 5.32 Å². The van der Waals surface area contributed by atoms with E-state index in [1.54, 1.807) is 26.1 Å². The molecule has 25 heavy (non-hydrogen) atoms. The van der Waals surface area contributed by atoms with Gasteiger partial charge in [-0.05, 0) is 42.5 Å². The third kappa shape index (κ3) is 7.21. The smallest absolute Gasteiger partial charge is 0.310 e. The van der Waals surface area contributed by atoms with E-state index in [1.807, 2.05) is 42.5 Å². The summed E-state index contributed by atoms with van der Waals surface area (Å²) < 4.78 is 0. The molecule has 0 aromatic heterocycles. The lowest BCUT2D eigenvalue weighted by Gasteiger charge is -2.09. The maximum absolute atomic E-state index is 10.9. The van der Waals surface area contributed by atoms with Crippen molar-refractivity contribution >= 4 is 11.9 Å². The number of rotatable bonds is 5. The van der Waals surface area contributed by atoms with Crippen molar-refractivity contribution in [3.05, 3.63) is 71.3 Å². The van der Waals surface area contributed by atoms with Crippen LogP contribution in [0, 0.1) is 5.92 Å². The summed E-state index contributed by atoms with van der Waals surface area (Å²) in [7, 11) is 1.62. The Bertz CT molecular complexity index is 663. The van der Waals surface area contributed by atoms with Gasteiger partial charge in [0.25, 0.3) is 5.91 Å². The summed E-state index contributed by atoms with van der Waals surface area (Å²) in [6.45, 7) is 6.06. The lowest BCUT2D eigenvalue weighted by molar-refractivity contribution is -0.138. The summed E-state index contributed by atoms with van der Waals surface area (Å²) in [6.07, 6.45) is 1.04. The van der Waals surface area contributed by atoms with Gasteiger partial charge in [0.15, 0.2) is 0 Å². The quantitative estimate of drug-likeness (QED) is 0.860. The van der Waals surface area contributed by atoms with E-state index < -0.39 is 11.9 Å². The number of aliphatic carboxylic acids is 1. The summed E-state index contributed by atoms with van der Waals surface area (Å²) in [6, 6.07) is 17.0. The molecular formula is C21H27NO3. The standard InChI is InChI=1S/C13H18O2.C8H9NO/c1-9(2)8-11-4-6-12(7-5-11)10(3)13(14)15;1-9-8(10)7-5-3-2-4-6-7/h4-7,9-10H,8H2,1-3H3,(H,14,15);2-6H,1H3,(H,9,10). The van der Waals surface area contributed by atoms with Crippen LogP contribution in [0.2, 0.25) is 0 Å². The van der Waals surface area contributed by atoms with Gasteiger partial charge in [-0.1, -0.05) is 56.3 Å². The monoisotopic (exact) mass is 341 g/mol. The number of carboxylic acid groups (broad SMARTS) is 1. The largest absolute Gasteiger partial charge is 0.481 e. The van der Waals surface area contributed by atoms with Crippen molar-refractivity contribution < 1.29 is 14.7 Å². The topological polar surface area (TPSA) is 66.4 Å². The molecule has 0 aliphatic carbocycles. The first-order chi connectivity index (χ1) is 11.8. The first kappa shape index (κ1) is 20.4. The van der Waals surface area contributed by atoms with Gasteiger partial charge >= 0.3 is 5.97 Å². The van der Waals surface area contributed by atoms with E-state index in [1.165, 1.54) is 5.56 Å². The molecule has 0 aliphatic heterocycles. The van der Waals surface area contributed by atoms with Crippen LogP contribution in [0.3, 0.4) is 0 Å². The summed E-state index contributed by atoms with van der Waals surface area (Å²) in [5.41, 5.74) is 2.84. The minimum atomic E-state index is -0.772.